The van der Waals surface area contributed by atoms with Gasteiger partial charge in [0.25, 0.3) is 11.8 Å². The SMILES string of the molecule is CN(CCC#N)C(=O)c1ccc2c(c1)N(Cc1ccc(F)cc1)C(=O)c1ccccc1[S@@]2=O. The Morgan fingerprint density at radius 2 is 1.82 bits per heavy atom. The Morgan fingerprint density at radius 1 is 1.09 bits per heavy atom. The molecule has 3 aromatic carbocycles. The van der Waals surface area contributed by atoms with E-state index in [4.69, 9.17) is 5.26 Å². The topological polar surface area (TPSA) is 81.5 Å². The van der Waals surface area contributed by atoms with Crippen LogP contribution < -0.4 is 4.90 Å². The molecule has 6 nitrogen and oxygen atoms in total. The minimum absolute atomic E-state index is 0.111. The highest BCUT2D eigenvalue weighted by Crippen LogP contribution is 2.36. The van der Waals surface area contributed by atoms with Crippen molar-refractivity contribution in [3.8, 4) is 6.07 Å². The highest BCUT2D eigenvalue weighted by molar-refractivity contribution is 7.85. The van der Waals surface area contributed by atoms with Gasteiger partial charge in [0, 0.05) is 19.2 Å². The molecule has 0 saturated carbocycles. The van der Waals surface area contributed by atoms with Gasteiger partial charge in [0.1, 0.15) is 5.82 Å². The van der Waals surface area contributed by atoms with Crippen LogP contribution >= 0.6 is 0 Å². The lowest BCUT2D eigenvalue weighted by Gasteiger charge is -2.24. The summed E-state index contributed by atoms with van der Waals surface area (Å²) < 4.78 is 26.8. The standard InChI is InChI=1S/C25H20FN3O3S/c1-28(14-4-13-27)24(30)18-9-12-23-21(15-18)29(16-17-7-10-19(26)11-8-17)25(31)20-5-2-3-6-22(20)33(23)32/h2-3,5-12,15H,4,14,16H2,1H3/t33-/m0/s1. The number of carbonyl (C=O) groups is 2. The summed E-state index contributed by atoms with van der Waals surface area (Å²) in [6.45, 7) is 0.377. The van der Waals surface area contributed by atoms with E-state index in [0.29, 0.717) is 32.2 Å². The van der Waals surface area contributed by atoms with E-state index in [1.807, 2.05) is 6.07 Å². The first-order chi connectivity index (χ1) is 15.9. The molecule has 166 valence electrons. The molecule has 2 amide bonds. The third-order valence-corrected chi connectivity index (χ3v) is 6.92. The summed E-state index contributed by atoms with van der Waals surface area (Å²) in [5.41, 5.74) is 1.67. The Bertz CT molecular complexity index is 1300. The van der Waals surface area contributed by atoms with E-state index in [1.165, 1.54) is 21.9 Å². The Balaban J connectivity index is 1.83. The van der Waals surface area contributed by atoms with Crippen LogP contribution in [0.15, 0.2) is 76.5 Å². The van der Waals surface area contributed by atoms with Crippen molar-refractivity contribution in [1.29, 1.82) is 5.26 Å². The Kier molecular flexibility index (Phi) is 6.33. The molecule has 0 spiro atoms. The Morgan fingerprint density at radius 3 is 2.55 bits per heavy atom. The first kappa shape index (κ1) is 22.4. The summed E-state index contributed by atoms with van der Waals surface area (Å²) in [7, 11) is -0.0400. The normalized spacial score (nSPS) is 14.6. The molecule has 0 saturated heterocycles. The second kappa shape index (κ2) is 9.35. The van der Waals surface area contributed by atoms with Crippen molar-refractivity contribution in [3.05, 3.63) is 89.2 Å². The number of hydrogen-bond acceptors (Lipinski definition) is 4. The summed E-state index contributed by atoms with van der Waals surface area (Å²) >= 11 is 0. The minimum atomic E-state index is -1.64. The van der Waals surface area contributed by atoms with E-state index < -0.39 is 10.8 Å². The molecule has 1 atom stereocenters. The number of halogens is 1. The van der Waals surface area contributed by atoms with E-state index in [2.05, 4.69) is 0 Å². The number of rotatable bonds is 5. The van der Waals surface area contributed by atoms with E-state index in [-0.39, 0.29) is 37.1 Å². The molecule has 0 aromatic heterocycles. The number of fused-ring (bicyclic) bond motifs is 2. The van der Waals surface area contributed by atoms with E-state index in [0.717, 1.165) is 0 Å². The predicted octanol–water partition coefficient (Wildman–Crippen LogP) is 4.14. The molecule has 1 aliphatic heterocycles. The van der Waals surface area contributed by atoms with Crippen molar-refractivity contribution in [2.24, 2.45) is 0 Å². The van der Waals surface area contributed by atoms with Crippen LogP contribution in [0.3, 0.4) is 0 Å². The lowest BCUT2D eigenvalue weighted by Crippen LogP contribution is -2.31. The highest BCUT2D eigenvalue weighted by Gasteiger charge is 2.31. The molecule has 0 aliphatic carbocycles. The van der Waals surface area contributed by atoms with Crippen molar-refractivity contribution < 1.29 is 18.2 Å². The van der Waals surface area contributed by atoms with Gasteiger partial charge in [-0.2, -0.15) is 5.26 Å². The van der Waals surface area contributed by atoms with Gasteiger partial charge >= 0.3 is 0 Å². The van der Waals surface area contributed by atoms with Crippen LogP contribution in [0.4, 0.5) is 10.1 Å². The maximum atomic E-state index is 13.6. The molecule has 8 heteroatoms. The van der Waals surface area contributed by atoms with Crippen LogP contribution in [-0.4, -0.2) is 34.5 Å². The minimum Gasteiger partial charge on any atom is -0.341 e. The van der Waals surface area contributed by atoms with Crippen LogP contribution in [0, 0.1) is 17.1 Å². The van der Waals surface area contributed by atoms with E-state index in [1.54, 1.807) is 61.6 Å². The quantitative estimate of drug-likeness (QED) is 0.572. The molecule has 3 aromatic rings. The van der Waals surface area contributed by atoms with Crippen LogP contribution in [-0.2, 0) is 17.3 Å². The summed E-state index contributed by atoms with van der Waals surface area (Å²) in [6.07, 6.45) is 0.196. The fourth-order valence-electron chi connectivity index (χ4n) is 3.67. The second-order valence-electron chi connectivity index (χ2n) is 7.60. The van der Waals surface area contributed by atoms with Crippen molar-refractivity contribution in [1.82, 2.24) is 4.90 Å². The number of anilines is 1. The van der Waals surface area contributed by atoms with Gasteiger partial charge in [-0.25, -0.2) is 8.60 Å². The number of nitrogens with zero attached hydrogens (tertiary/aromatic N) is 3. The van der Waals surface area contributed by atoms with E-state index in [9.17, 15) is 18.2 Å². The Labute approximate surface area is 193 Å². The summed E-state index contributed by atoms with van der Waals surface area (Å²) in [5.74, 6) is -1.06. The number of carbonyl (C=O) groups excluding carboxylic acids is 2. The second-order valence-corrected chi connectivity index (χ2v) is 9.02. The van der Waals surface area contributed by atoms with Gasteiger partial charge in [-0.3, -0.25) is 9.59 Å². The van der Waals surface area contributed by atoms with Crippen molar-refractivity contribution in [3.63, 3.8) is 0 Å². The summed E-state index contributed by atoms with van der Waals surface area (Å²) in [5, 5.41) is 8.80. The van der Waals surface area contributed by atoms with Crippen molar-refractivity contribution in [2.45, 2.75) is 22.8 Å². The molecule has 1 heterocycles. The van der Waals surface area contributed by atoms with Crippen LogP contribution in [0.1, 0.15) is 32.7 Å². The summed E-state index contributed by atoms with van der Waals surface area (Å²) in [4.78, 5) is 30.2. The van der Waals surface area contributed by atoms with Gasteiger partial charge in [0.15, 0.2) is 0 Å². The predicted molar refractivity (Wildman–Crippen MR) is 122 cm³/mol. The van der Waals surface area contributed by atoms with Crippen LogP contribution in [0.2, 0.25) is 0 Å². The van der Waals surface area contributed by atoms with Gasteiger partial charge in [0.05, 0.1) is 50.9 Å². The first-order valence-corrected chi connectivity index (χ1v) is 11.4. The number of benzene rings is 3. The molecule has 1 aliphatic rings. The third kappa shape index (κ3) is 4.41. The van der Waals surface area contributed by atoms with Crippen LogP contribution in [0.5, 0.6) is 0 Å². The zero-order valence-electron chi connectivity index (χ0n) is 17.8. The van der Waals surface area contributed by atoms with Gasteiger partial charge in [-0.15, -0.1) is 0 Å². The average molecular weight is 462 g/mol. The molecule has 0 N–H and O–H groups in total. The molecule has 0 unspecified atom stereocenters. The summed E-state index contributed by atoms with van der Waals surface area (Å²) in [6, 6.07) is 19.3. The maximum Gasteiger partial charge on any atom is 0.259 e. The van der Waals surface area contributed by atoms with Gasteiger partial charge in [-0.05, 0) is 48.0 Å². The zero-order valence-corrected chi connectivity index (χ0v) is 18.6. The third-order valence-electron chi connectivity index (χ3n) is 5.42. The largest absolute Gasteiger partial charge is 0.341 e. The van der Waals surface area contributed by atoms with E-state index >= 15 is 0 Å². The van der Waals surface area contributed by atoms with Crippen molar-refractivity contribution in [2.75, 3.05) is 18.5 Å². The molecule has 0 bridgehead atoms. The molecule has 4 rings (SSSR count). The molecule has 33 heavy (non-hydrogen) atoms. The number of nitriles is 1. The monoisotopic (exact) mass is 461 g/mol. The number of hydrogen-bond donors (Lipinski definition) is 0. The highest BCUT2D eigenvalue weighted by atomic mass is 32.2. The number of amides is 2. The molecular weight excluding hydrogens is 441 g/mol. The van der Waals surface area contributed by atoms with Gasteiger partial charge in [-0.1, -0.05) is 24.3 Å². The fourth-order valence-corrected chi connectivity index (χ4v) is 5.01. The smallest absolute Gasteiger partial charge is 0.259 e. The van der Waals surface area contributed by atoms with Gasteiger partial charge < -0.3 is 9.80 Å². The zero-order chi connectivity index (χ0) is 23.5. The maximum absolute atomic E-state index is 13.6. The lowest BCUT2D eigenvalue weighted by molar-refractivity contribution is 0.0797. The first-order valence-electron chi connectivity index (χ1n) is 10.2. The average Bonchev–Trinajstić information content (AvgIpc) is 2.92. The fraction of sp³-hybridized carbons (Fsp3) is 0.160. The van der Waals surface area contributed by atoms with Gasteiger partial charge in [0.2, 0.25) is 0 Å². The lowest BCUT2D eigenvalue weighted by atomic mass is 10.1. The Hall–Kier alpha value is -3.83. The van der Waals surface area contributed by atoms with Crippen LogP contribution in [0.25, 0.3) is 0 Å². The van der Waals surface area contributed by atoms with Crippen molar-refractivity contribution >= 4 is 28.3 Å². The molecule has 0 radical (unpaired) electrons. The molecule has 0 fully saturated rings. The molecular formula is C25H20FN3O3S.